The fourth-order valence-corrected chi connectivity index (χ4v) is 1.59. The van der Waals surface area contributed by atoms with Crippen LogP contribution in [-0.2, 0) is 4.79 Å². The van der Waals surface area contributed by atoms with Gasteiger partial charge in [-0.3, -0.25) is 4.79 Å². The first kappa shape index (κ1) is 17.1. The topological polar surface area (TPSA) is 66.4 Å². The summed E-state index contributed by atoms with van der Waals surface area (Å²) in [7, 11) is 0. The van der Waals surface area contributed by atoms with Gasteiger partial charge in [-0.25, -0.2) is 13.6 Å². The number of carboxylic acid groups (broad SMARTS) is 1. The van der Waals surface area contributed by atoms with Gasteiger partial charge in [0, 0.05) is 12.5 Å². The standard InChI is InChI=1S/C15H19F2NO3/c1-8(15(2,3)4)5-13(19)18-12-6-9(14(20)21)10(16)7-11(12)17/h6-8H,5H2,1-4H3,(H,18,19)(H,20,21). The van der Waals surface area contributed by atoms with Gasteiger partial charge < -0.3 is 10.4 Å². The number of amides is 1. The van der Waals surface area contributed by atoms with E-state index in [0.717, 1.165) is 6.07 Å². The van der Waals surface area contributed by atoms with Crippen molar-refractivity contribution in [2.75, 3.05) is 5.32 Å². The maximum absolute atomic E-state index is 13.6. The van der Waals surface area contributed by atoms with Gasteiger partial charge in [-0.15, -0.1) is 0 Å². The van der Waals surface area contributed by atoms with E-state index >= 15 is 0 Å². The zero-order valence-corrected chi connectivity index (χ0v) is 12.5. The van der Waals surface area contributed by atoms with Crippen molar-refractivity contribution >= 4 is 17.6 Å². The first-order valence-corrected chi connectivity index (χ1v) is 6.54. The van der Waals surface area contributed by atoms with Crippen LogP contribution in [0, 0.1) is 23.0 Å². The third kappa shape index (κ3) is 4.51. The van der Waals surface area contributed by atoms with E-state index < -0.39 is 29.1 Å². The van der Waals surface area contributed by atoms with E-state index in [4.69, 9.17) is 5.11 Å². The monoisotopic (exact) mass is 299 g/mol. The Balaban J connectivity index is 2.91. The summed E-state index contributed by atoms with van der Waals surface area (Å²) in [6.07, 6.45) is 0.155. The average molecular weight is 299 g/mol. The summed E-state index contributed by atoms with van der Waals surface area (Å²) in [4.78, 5) is 22.7. The molecule has 1 unspecified atom stereocenters. The molecule has 0 saturated carbocycles. The van der Waals surface area contributed by atoms with Crippen molar-refractivity contribution in [2.45, 2.75) is 34.1 Å². The normalized spacial score (nSPS) is 12.9. The van der Waals surface area contributed by atoms with Gasteiger partial charge in [-0.05, 0) is 17.4 Å². The van der Waals surface area contributed by atoms with E-state index in [1.807, 2.05) is 27.7 Å². The summed E-state index contributed by atoms with van der Waals surface area (Å²) in [5, 5.41) is 11.1. The molecule has 0 aliphatic carbocycles. The molecular formula is C15H19F2NO3. The summed E-state index contributed by atoms with van der Waals surface area (Å²) in [5.41, 5.74) is -1.11. The number of carboxylic acids is 1. The molecule has 4 nitrogen and oxygen atoms in total. The summed E-state index contributed by atoms with van der Waals surface area (Å²) in [6, 6.07) is 1.24. The molecule has 0 heterocycles. The number of hydrogen-bond acceptors (Lipinski definition) is 2. The quantitative estimate of drug-likeness (QED) is 0.891. The highest BCUT2D eigenvalue weighted by Crippen LogP contribution is 2.28. The predicted octanol–water partition coefficient (Wildman–Crippen LogP) is 3.67. The molecule has 1 aromatic rings. The Bertz CT molecular complexity index is 565. The zero-order valence-electron chi connectivity index (χ0n) is 12.5. The largest absolute Gasteiger partial charge is 0.478 e. The molecule has 6 heteroatoms. The second-order valence-corrected chi connectivity index (χ2v) is 6.14. The van der Waals surface area contributed by atoms with Crippen molar-refractivity contribution in [2.24, 2.45) is 11.3 Å². The van der Waals surface area contributed by atoms with E-state index in [1.54, 1.807) is 0 Å². The highest BCUT2D eigenvalue weighted by Gasteiger charge is 2.23. The van der Waals surface area contributed by atoms with Crippen LogP contribution in [0.15, 0.2) is 12.1 Å². The van der Waals surface area contributed by atoms with Crippen LogP contribution in [0.1, 0.15) is 44.5 Å². The zero-order chi connectivity index (χ0) is 16.4. The van der Waals surface area contributed by atoms with Gasteiger partial charge >= 0.3 is 5.97 Å². The lowest BCUT2D eigenvalue weighted by atomic mass is 9.80. The van der Waals surface area contributed by atoms with Crippen molar-refractivity contribution in [3.05, 3.63) is 29.3 Å². The van der Waals surface area contributed by atoms with Crippen molar-refractivity contribution in [1.29, 1.82) is 0 Å². The molecular weight excluding hydrogens is 280 g/mol. The third-order valence-corrected chi connectivity index (χ3v) is 3.53. The molecule has 1 aromatic carbocycles. The van der Waals surface area contributed by atoms with Crippen LogP contribution in [0.2, 0.25) is 0 Å². The minimum absolute atomic E-state index is 0.0416. The number of aromatic carboxylic acids is 1. The van der Waals surface area contributed by atoms with Gasteiger partial charge in [0.15, 0.2) is 0 Å². The molecule has 0 aliphatic rings. The van der Waals surface area contributed by atoms with Crippen LogP contribution in [0.5, 0.6) is 0 Å². The Morgan fingerprint density at radius 3 is 2.29 bits per heavy atom. The maximum Gasteiger partial charge on any atom is 0.338 e. The lowest BCUT2D eigenvalue weighted by molar-refractivity contribution is -0.117. The second kappa shape index (κ2) is 6.20. The van der Waals surface area contributed by atoms with Crippen LogP contribution in [0.3, 0.4) is 0 Å². The second-order valence-electron chi connectivity index (χ2n) is 6.14. The van der Waals surface area contributed by atoms with Gasteiger partial charge in [0.1, 0.15) is 11.6 Å². The van der Waals surface area contributed by atoms with Gasteiger partial charge in [-0.2, -0.15) is 0 Å². The molecule has 0 saturated heterocycles. The summed E-state index contributed by atoms with van der Waals surface area (Å²) in [6.45, 7) is 7.83. The number of carbonyl (C=O) groups is 2. The molecule has 0 aliphatic heterocycles. The van der Waals surface area contributed by atoms with Crippen molar-refractivity contribution in [3.63, 3.8) is 0 Å². The molecule has 2 N–H and O–H groups in total. The minimum atomic E-state index is -1.52. The number of benzene rings is 1. The molecule has 0 fully saturated rings. The molecule has 0 bridgehead atoms. The first-order valence-electron chi connectivity index (χ1n) is 6.54. The third-order valence-electron chi connectivity index (χ3n) is 3.53. The summed E-state index contributed by atoms with van der Waals surface area (Å²) < 4.78 is 26.8. The van der Waals surface area contributed by atoms with Crippen LogP contribution < -0.4 is 5.32 Å². The predicted molar refractivity (Wildman–Crippen MR) is 75.2 cm³/mol. The molecule has 116 valence electrons. The number of halogens is 2. The number of anilines is 1. The lowest BCUT2D eigenvalue weighted by Crippen LogP contribution is -2.24. The Labute approximate surface area is 122 Å². The minimum Gasteiger partial charge on any atom is -0.478 e. The highest BCUT2D eigenvalue weighted by molar-refractivity contribution is 5.94. The molecule has 0 aromatic heterocycles. The Kier molecular flexibility index (Phi) is 5.04. The highest BCUT2D eigenvalue weighted by atomic mass is 19.1. The Hall–Kier alpha value is -1.98. The van der Waals surface area contributed by atoms with E-state index in [9.17, 15) is 18.4 Å². The van der Waals surface area contributed by atoms with Crippen molar-refractivity contribution in [1.82, 2.24) is 0 Å². The van der Waals surface area contributed by atoms with E-state index in [1.165, 1.54) is 0 Å². The van der Waals surface area contributed by atoms with Gasteiger partial charge in [-0.1, -0.05) is 27.7 Å². The number of rotatable bonds is 4. The number of hydrogen-bond donors (Lipinski definition) is 2. The molecule has 21 heavy (non-hydrogen) atoms. The van der Waals surface area contributed by atoms with Gasteiger partial charge in [0.05, 0.1) is 11.3 Å². The molecule has 1 atom stereocenters. The average Bonchev–Trinajstić information content (AvgIpc) is 2.30. The van der Waals surface area contributed by atoms with Crippen LogP contribution in [0.25, 0.3) is 0 Å². The van der Waals surface area contributed by atoms with E-state index in [0.29, 0.717) is 6.07 Å². The molecule has 0 radical (unpaired) electrons. The van der Waals surface area contributed by atoms with Gasteiger partial charge in [0.2, 0.25) is 5.91 Å². The fraction of sp³-hybridized carbons (Fsp3) is 0.467. The maximum atomic E-state index is 13.6. The Morgan fingerprint density at radius 2 is 1.81 bits per heavy atom. The van der Waals surface area contributed by atoms with Crippen LogP contribution >= 0.6 is 0 Å². The van der Waals surface area contributed by atoms with Crippen LogP contribution in [0.4, 0.5) is 14.5 Å². The molecule has 1 amide bonds. The SMILES string of the molecule is CC(CC(=O)Nc1cc(C(=O)O)c(F)cc1F)C(C)(C)C. The number of nitrogens with one attached hydrogen (secondary N) is 1. The van der Waals surface area contributed by atoms with E-state index in [2.05, 4.69) is 5.32 Å². The fourth-order valence-electron chi connectivity index (χ4n) is 1.59. The first-order chi connectivity index (χ1) is 9.52. The summed E-state index contributed by atoms with van der Waals surface area (Å²) >= 11 is 0. The van der Waals surface area contributed by atoms with Crippen molar-refractivity contribution in [3.8, 4) is 0 Å². The smallest absolute Gasteiger partial charge is 0.338 e. The molecule has 1 rings (SSSR count). The summed E-state index contributed by atoms with van der Waals surface area (Å²) in [5.74, 6) is -4.11. The van der Waals surface area contributed by atoms with Crippen molar-refractivity contribution < 1.29 is 23.5 Å². The Morgan fingerprint density at radius 1 is 1.24 bits per heavy atom. The lowest BCUT2D eigenvalue weighted by Gasteiger charge is -2.26. The van der Waals surface area contributed by atoms with Crippen LogP contribution in [-0.4, -0.2) is 17.0 Å². The van der Waals surface area contributed by atoms with Gasteiger partial charge in [0.25, 0.3) is 0 Å². The number of carbonyl (C=O) groups excluding carboxylic acids is 1. The molecule has 0 spiro atoms. The van der Waals surface area contributed by atoms with E-state index in [-0.39, 0.29) is 23.4 Å².